The fraction of sp³-hybridized carbons (Fsp3) is 0.125. The Balaban J connectivity index is 1.93. The van der Waals surface area contributed by atoms with Crippen molar-refractivity contribution in [3.05, 3.63) is 58.4 Å². The smallest absolute Gasteiger partial charge is 0.329 e. The molecule has 1 heterocycles. The van der Waals surface area contributed by atoms with Crippen LogP contribution in [0.3, 0.4) is 0 Å². The minimum atomic E-state index is -4.72. The summed E-state index contributed by atoms with van der Waals surface area (Å²) >= 11 is 12.0. The van der Waals surface area contributed by atoms with Crippen molar-refractivity contribution in [2.24, 2.45) is 4.36 Å². The van der Waals surface area contributed by atoms with Gasteiger partial charge in [-0.15, -0.1) is 0 Å². The first kappa shape index (κ1) is 19.7. The highest BCUT2D eigenvalue weighted by atomic mass is 35.5. The summed E-state index contributed by atoms with van der Waals surface area (Å²) in [6.07, 6.45) is -3.31. The lowest BCUT2D eigenvalue weighted by atomic mass is 10.2. The molecule has 0 aliphatic heterocycles. The van der Waals surface area contributed by atoms with Gasteiger partial charge >= 0.3 is 12.1 Å². The molecular weight excluding hydrogens is 426 g/mol. The van der Waals surface area contributed by atoms with Crippen LogP contribution >= 0.6 is 23.2 Å². The Kier molecular flexibility index (Phi) is 5.20. The third-order valence-corrected chi connectivity index (χ3v) is 5.76. The molecule has 3 aromatic rings. The van der Waals surface area contributed by atoms with E-state index in [2.05, 4.69) is 19.0 Å². The fourth-order valence-electron chi connectivity index (χ4n) is 2.14. The predicted octanol–water partition coefficient (Wildman–Crippen LogP) is 5.85. The number of hydrogen-bond donors (Lipinski definition) is 0. The zero-order chi connectivity index (χ0) is 19.8. The first-order chi connectivity index (χ1) is 12.6. The van der Waals surface area contributed by atoms with Gasteiger partial charge in [0.1, 0.15) is 0 Å². The van der Waals surface area contributed by atoms with Crippen molar-refractivity contribution in [3.63, 3.8) is 0 Å². The fourth-order valence-corrected chi connectivity index (χ4v) is 4.33. The Labute approximate surface area is 162 Å². The maximum Gasteiger partial charge on any atom is 0.471 e. The number of hydrogen-bond acceptors (Lipinski definition) is 5. The molecule has 0 aliphatic carbocycles. The van der Waals surface area contributed by atoms with Crippen molar-refractivity contribution in [3.8, 4) is 11.4 Å². The summed E-state index contributed by atoms with van der Waals surface area (Å²) < 4.78 is 58.9. The van der Waals surface area contributed by atoms with Gasteiger partial charge in [-0.25, -0.2) is 4.21 Å². The second-order valence-electron chi connectivity index (χ2n) is 5.44. The van der Waals surface area contributed by atoms with Crippen molar-refractivity contribution in [1.29, 1.82) is 0 Å². The van der Waals surface area contributed by atoms with Gasteiger partial charge in [0.05, 0.1) is 25.3 Å². The summed E-state index contributed by atoms with van der Waals surface area (Å²) in [6.45, 7) is 0. The molecule has 3 rings (SSSR count). The molecule has 0 fully saturated rings. The van der Waals surface area contributed by atoms with Crippen molar-refractivity contribution in [1.82, 2.24) is 10.1 Å². The molecule has 142 valence electrons. The lowest BCUT2D eigenvalue weighted by Crippen LogP contribution is -2.04. The van der Waals surface area contributed by atoms with E-state index in [9.17, 15) is 17.4 Å². The number of rotatable bonds is 3. The highest BCUT2D eigenvalue weighted by Crippen LogP contribution is 2.31. The third-order valence-electron chi connectivity index (χ3n) is 3.37. The molecule has 0 radical (unpaired) electrons. The van der Waals surface area contributed by atoms with Gasteiger partial charge in [-0.1, -0.05) is 28.4 Å². The molecule has 0 amide bonds. The summed E-state index contributed by atoms with van der Waals surface area (Å²) in [7, 11) is -2.90. The second kappa shape index (κ2) is 7.14. The topological polar surface area (TPSA) is 68.3 Å². The highest BCUT2D eigenvalue weighted by molar-refractivity contribution is 7.93. The predicted molar refractivity (Wildman–Crippen MR) is 95.6 cm³/mol. The van der Waals surface area contributed by atoms with E-state index in [0.29, 0.717) is 10.7 Å². The van der Waals surface area contributed by atoms with Crippen molar-refractivity contribution < 1.29 is 21.9 Å². The monoisotopic (exact) mass is 435 g/mol. The second-order valence-corrected chi connectivity index (χ2v) is 8.51. The van der Waals surface area contributed by atoms with Crippen LogP contribution in [0, 0.1) is 0 Å². The normalized spacial score (nSPS) is 14.0. The van der Waals surface area contributed by atoms with E-state index in [1.807, 2.05) is 0 Å². The zero-order valence-electron chi connectivity index (χ0n) is 13.5. The molecule has 1 unspecified atom stereocenters. The maximum atomic E-state index is 12.9. The van der Waals surface area contributed by atoms with E-state index in [1.54, 1.807) is 6.07 Å². The number of benzene rings is 2. The highest BCUT2D eigenvalue weighted by Gasteiger charge is 2.38. The molecule has 0 spiro atoms. The Bertz CT molecular complexity index is 1100. The minimum absolute atomic E-state index is 0.219. The Morgan fingerprint density at radius 2 is 1.78 bits per heavy atom. The molecule has 1 aromatic heterocycles. The van der Waals surface area contributed by atoms with Crippen molar-refractivity contribution in [2.75, 3.05) is 6.26 Å². The largest absolute Gasteiger partial charge is 0.471 e. The van der Waals surface area contributed by atoms with Crippen LogP contribution in [0.25, 0.3) is 11.4 Å². The van der Waals surface area contributed by atoms with E-state index in [-0.39, 0.29) is 21.3 Å². The first-order valence-corrected chi connectivity index (χ1v) is 9.93. The van der Waals surface area contributed by atoms with E-state index >= 15 is 0 Å². The number of nitrogens with zero attached hydrogens (tertiary/aromatic N) is 3. The molecule has 0 bridgehead atoms. The van der Waals surface area contributed by atoms with Gasteiger partial charge < -0.3 is 4.52 Å². The van der Waals surface area contributed by atoms with Crippen LogP contribution in [0.2, 0.25) is 10.0 Å². The minimum Gasteiger partial charge on any atom is -0.329 e. The number of alkyl halides is 3. The molecule has 1 atom stereocenters. The van der Waals surface area contributed by atoms with E-state index in [1.165, 1.54) is 42.7 Å². The maximum absolute atomic E-state index is 12.9. The molecule has 0 saturated carbocycles. The van der Waals surface area contributed by atoms with Crippen LogP contribution in [0.15, 0.2) is 56.2 Å². The van der Waals surface area contributed by atoms with E-state index in [0.717, 1.165) is 0 Å². The molecule has 0 N–H and O–H groups in total. The van der Waals surface area contributed by atoms with Gasteiger partial charge in [0.15, 0.2) is 0 Å². The Hall–Kier alpha value is -2.10. The average molecular weight is 436 g/mol. The van der Waals surface area contributed by atoms with Crippen LogP contribution in [0.5, 0.6) is 0 Å². The summed E-state index contributed by atoms with van der Waals surface area (Å²) in [5, 5.41) is 3.93. The molecule has 2 aromatic carbocycles. The zero-order valence-corrected chi connectivity index (χ0v) is 15.8. The van der Waals surface area contributed by atoms with Gasteiger partial charge in [-0.3, -0.25) is 0 Å². The van der Waals surface area contributed by atoms with E-state index < -0.39 is 21.8 Å². The lowest BCUT2D eigenvalue weighted by Gasteiger charge is -2.07. The Morgan fingerprint density at radius 3 is 2.37 bits per heavy atom. The number of halogens is 5. The average Bonchev–Trinajstić information content (AvgIpc) is 3.08. The summed E-state index contributed by atoms with van der Waals surface area (Å²) in [5.41, 5.74) is 0.624. The van der Waals surface area contributed by atoms with Crippen LogP contribution < -0.4 is 0 Å². The summed E-state index contributed by atoms with van der Waals surface area (Å²) in [6, 6.07) is 10.4. The SMILES string of the molecule is CS(=O)(=Nc1ccc(-c2noc(C(F)(F)F)n2)cc1)c1cc(Cl)ccc1Cl. The van der Waals surface area contributed by atoms with Gasteiger partial charge in [0.25, 0.3) is 0 Å². The van der Waals surface area contributed by atoms with Crippen LogP contribution in [0.1, 0.15) is 5.89 Å². The summed E-state index contributed by atoms with van der Waals surface area (Å²) in [4.78, 5) is 3.59. The van der Waals surface area contributed by atoms with Crippen LogP contribution in [-0.4, -0.2) is 20.6 Å². The van der Waals surface area contributed by atoms with Crippen LogP contribution in [0.4, 0.5) is 18.9 Å². The molecule has 0 aliphatic rings. The third kappa shape index (κ3) is 4.42. The van der Waals surface area contributed by atoms with Crippen LogP contribution in [-0.2, 0) is 15.9 Å². The van der Waals surface area contributed by atoms with Gasteiger partial charge in [0.2, 0.25) is 5.82 Å². The Morgan fingerprint density at radius 1 is 1.11 bits per heavy atom. The van der Waals surface area contributed by atoms with Crippen molar-refractivity contribution >= 4 is 38.6 Å². The van der Waals surface area contributed by atoms with Crippen molar-refractivity contribution in [2.45, 2.75) is 11.1 Å². The molecule has 0 saturated heterocycles. The standard InChI is InChI=1S/C16H10Cl2F3N3O2S/c1-27(25,13-8-10(17)4-7-12(13)18)24-11-5-2-9(3-6-11)14-22-15(26-23-14)16(19,20)21/h2-8H,1H3. The molecule has 27 heavy (non-hydrogen) atoms. The molecule has 5 nitrogen and oxygen atoms in total. The van der Waals surface area contributed by atoms with Gasteiger partial charge in [-0.2, -0.15) is 22.5 Å². The quantitative estimate of drug-likeness (QED) is 0.517. The molecular formula is C16H10Cl2F3N3O2S. The first-order valence-electron chi connectivity index (χ1n) is 7.25. The summed E-state index contributed by atoms with van der Waals surface area (Å²) in [5.74, 6) is -1.65. The molecule has 11 heteroatoms. The lowest BCUT2D eigenvalue weighted by molar-refractivity contribution is -0.159. The van der Waals surface area contributed by atoms with Gasteiger partial charge in [-0.05, 0) is 42.5 Å². The van der Waals surface area contributed by atoms with Gasteiger partial charge in [0, 0.05) is 16.8 Å². The number of aromatic nitrogens is 2. The van der Waals surface area contributed by atoms with E-state index in [4.69, 9.17) is 23.2 Å².